The fourth-order valence-corrected chi connectivity index (χ4v) is 5.83. The van der Waals surface area contributed by atoms with Gasteiger partial charge in [-0.15, -0.1) is 0 Å². The first-order valence-corrected chi connectivity index (χ1v) is 11.7. The van der Waals surface area contributed by atoms with Crippen molar-refractivity contribution in [1.82, 2.24) is 19.9 Å². The highest BCUT2D eigenvalue weighted by atomic mass is 35.5. The predicted octanol–water partition coefficient (Wildman–Crippen LogP) is 2.10. The smallest absolute Gasteiger partial charge is 0.227 e. The summed E-state index contributed by atoms with van der Waals surface area (Å²) in [6, 6.07) is 0. The molecular weight excluding hydrogens is 412 g/mol. The summed E-state index contributed by atoms with van der Waals surface area (Å²) in [5, 5.41) is 10.5. The second-order valence-electron chi connectivity index (χ2n) is 8.02. The van der Waals surface area contributed by atoms with Crippen molar-refractivity contribution in [2.24, 2.45) is 0 Å². The molecule has 154 valence electrons. The van der Waals surface area contributed by atoms with Crippen LogP contribution in [0.15, 0.2) is 23.5 Å². The number of rotatable bonds is 4. The van der Waals surface area contributed by atoms with E-state index in [9.17, 15) is 9.32 Å². The number of piperidine rings is 1. The number of anilines is 2. The Hall–Kier alpha value is -1.84. The average Bonchev–Trinajstić information content (AvgIpc) is 3.05. The van der Waals surface area contributed by atoms with Gasteiger partial charge in [-0.25, -0.2) is 15.0 Å². The van der Waals surface area contributed by atoms with Gasteiger partial charge in [0.15, 0.2) is 5.82 Å². The fourth-order valence-electron chi connectivity index (χ4n) is 4.44. The Bertz CT molecular complexity index is 925. The SMILES string of the molecule is O=[S@]1CN(C2(CO)CCC2)c2nc(N3CCC(c4ncc(Cl)cn4)CC3)ncc21. The lowest BCUT2D eigenvalue weighted by atomic mass is 9.76. The Morgan fingerprint density at radius 1 is 1.17 bits per heavy atom. The third kappa shape index (κ3) is 3.29. The number of aromatic nitrogens is 4. The van der Waals surface area contributed by atoms with E-state index in [1.165, 1.54) is 0 Å². The van der Waals surface area contributed by atoms with E-state index in [1.807, 2.05) is 0 Å². The van der Waals surface area contributed by atoms with Gasteiger partial charge >= 0.3 is 0 Å². The highest BCUT2D eigenvalue weighted by molar-refractivity contribution is 7.85. The van der Waals surface area contributed by atoms with Crippen molar-refractivity contribution in [3.05, 3.63) is 29.4 Å². The minimum atomic E-state index is -1.15. The summed E-state index contributed by atoms with van der Waals surface area (Å²) in [7, 11) is -1.15. The van der Waals surface area contributed by atoms with Gasteiger partial charge in [-0.3, -0.25) is 4.21 Å². The first-order valence-electron chi connectivity index (χ1n) is 9.96. The molecule has 0 spiro atoms. The minimum Gasteiger partial charge on any atom is -0.394 e. The van der Waals surface area contributed by atoms with Crippen molar-refractivity contribution in [3.63, 3.8) is 0 Å². The topological polar surface area (TPSA) is 95.3 Å². The van der Waals surface area contributed by atoms with Gasteiger partial charge in [0.2, 0.25) is 5.95 Å². The molecule has 1 N–H and O–H groups in total. The van der Waals surface area contributed by atoms with E-state index in [1.54, 1.807) is 18.6 Å². The van der Waals surface area contributed by atoms with E-state index in [0.717, 1.165) is 56.8 Å². The molecule has 0 unspecified atom stereocenters. The molecule has 0 bridgehead atoms. The van der Waals surface area contributed by atoms with Crippen LogP contribution in [0.4, 0.5) is 11.8 Å². The van der Waals surface area contributed by atoms with E-state index in [-0.39, 0.29) is 12.1 Å². The van der Waals surface area contributed by atoms with Crippen LogP contribution in [0.2, 0.25) is 5.02 Å². The van der Waals surface area contributed by atoms with Crippen LogP contribution in [0, 0.1) is 0 Å². The Balaban J connectivity index is 1.34. The minimum absolute atomic E-state index is 0.0649. The van der Waals surface area contributed by atoms with Gasteiger partial charge < -0.3 is 14.9 Å². The number of hydrogen-bond donors (Lipinski definition) is 1. The lowest BCUT2D eigenvalue weighted by Gasteiger charge is -2.47. The molecule has 3 aliphatic rings. The average molecular weight is 435 g/mol. The molecule has 2 aromatic rings. The maximum atomic E-state index is 12.6. The molecule has 8 nitrogen and oxygen atoms in total. The first-order chi connectivity index (χ1) is 14.1. The zero-order valence-corrected chi connectivity index (χ0v) is 17.6. The molecule has 1 saturated heterocycles. The van der Waals surface area contributed by atoms with Gasteiger partial charge in [-0.2, -0.15) is 4.98 Å². The summed E-state index contributed by atoms with van der Waals surface area (Å²) in [6.07, 6.45) is 9.72. The highest BCUT2D eigenvalue weighted by Crippen LogP contribution is 2.44. The molecule has 0 radical (unpaired) electrons. The van der Waals surface area contributed by atoms with Crippen LogP contribution in [-0.4, -0.2) is 60.4 Å². The maximum Gasteiger partial charge on any atom is 0.227 e. The fraction of sp³-hybridized carbons (Fsp3) is 0.579. The molecule has 10 heteroatoms. The molecule has 1 atom stereocenters. The number of aliphatic hydroxyl groups is 1. The van der Waals surface area contributed by atoms with Crippen molar-refractivity contribution in [2.45, 2.75) is 48.5 Å². The number of fused-ring (bicyclic) bond motifs is 1. The molecule has 1 saturated carbocycles. The van der Waals surface area contributed by atoms with E-state index in [0.29, 0.717) is 27.7 Å². The third-order valence-electron chi connectivity index (χ3n) is 6.41. The van der Waals surface area contributed by atoms with Crippen LogP contribution >= 0.6 is 11.6 Å². The van der Waals surface area contributed by atoms with Crippen LogP contribution in [0.5, 0.6) is 0 Å². The van der Waals surface area contributed by atoms with Crippen LogP contribution in [-0.2, 0) is 10.8 Å². The monoisotopic (exact) mass is 434 g/mol. The van der Waals surface area contributed by atoms with Crippen molar-refractivity contribution in [1.29, 1.82) is 0 Å². The maximum absolute atomic E-state index is 12.6. The Labute approximate surface area is 176 Å². The van der Waals surface area contributed by atoms with Crippen LogP contribution < -0.4 is 9.80 Å². The summed E-state index contributed by atoms with van der Waals surface area (Å²) in [4.78, 5) is 22.9. The zero-order chi connectivity index (χ0) is 20.0. The second-order valence-corrected chi connectivity index (χ2v) is 9.84. The second kappa shape index (κ2) is 7.45. The molecule has 1 aliphatic carbocycles. The number of hydrogen-bond acceptors (Lipinski definition) is 8. The lowest BCUT2D eigenvalue weighted by Crippen LogP contribution is -2.56. The predicted molar refractivity (Wildman–Crippen MR) is 111 cm³/mol. The molecule has 0 aromatic carbocycles. The molecule has 2 aliphatic heterocycles. The van der Waals surface area contributed by atoms with Crippen molar-refractivity contribution < 1.29 is 9.32 Å². The van der Waals surface area contributed by atoms with E-state index in [2.05, 4.69) is 24.8 Å². The molecule has 0 amide bonds. The summed E-state index contributed by atoms with van der Waals surface area (Å²) >= 11 is 5.89. The molecule has 2 aromatic heterocycles. The first kappa shape index (κ1) is 19.1. The standard InChI is InChI=1S/C19H23ClN6O2S/c20-14-8-21-16(22-9-14)13-2-6-25(7-3-13)18-23-10-15-17(24-18)26(12-29(15)28)19(11-27)4-1-5-19/h8-10,13,27H,1-7,11-12H2/t29-/m0/s1. The van der Waals surface area contributed by atoms with Crippen LogP contribution in [0.3, 0.4) is 0 Å². The Morgan fingerprint density at radius 3 is 2.52 bits per heavy atom. The van der Waals surface area contributed by atoms with Crippen LogP contribution in [0.1, 0.15) is 43.8 Å². The number of aliphatic hydroxyl groups excluding tert-OH is 1. The summed E-state index contributed by atoms with van der Waals surface area (Å²) in [6.45, 7) is 1.68. The van der Waals surface area contributed by atoms with Gasteiger partial charge in [0.1, 0.15) is 16.6 Å². The van der Waals surface area contributed by atoms with Crippen molar-refractivity contribution in [3.8, 4) is 0 Å². The molecule has 2 fully saturated rings. The highest BCUT2D eigenvalue weighted by Gasteiger charge is 2.47. The third-order valence-corrected chi connectivity index (χ3v) is 7.87. The number of halogens is 1. The molecule has 5 rings (SSSR count). The normalized spacial score (nSPS) is 23.7. The quantitative estimate of drug-likeness (QED) is 0.781. The van der Waals surface area contributed by atoms with Crippen molar-refractivity contribution >= 4 is 34.2 Å². The van der Waals surface area contributed by atoms with Crippen molar-refractivity contribution in [2.75, 3.05) is 35.4 Å². The van der Waals surface area contributed by atoms with Gasteiger partial charge in [0.05, 0.1) is 34.2 Å². The molecule has 4 heterocycles. The van der Waals surface area contributed by atoms with E-state index in [4.69, 9.17) is 16.6 Å². The summed E-state index contributed by atoms with van der Waals surface area (Å²) in [5.41, 5.74) is -0.314. The van der Waals surface area contributed by atoms with Gasteiger partial charge in [0, 0.05) is 31.4 Å². The van der Waals surface area contributed by atoms with Crippen LogP contribution in [0.25, 0.3) is 0 Å². The van der Waals surface area contributed by atoms with Gasteiger partial charge in [0.25, 0.3) is 0 Å². The van der Waals surface area contributed by atoms with Gasteiger partial charge in [-0.1, -0.05) is 11.6 Å². The lowest BCUT2D eigenvalue weighted by molar-refractivity contribution is 0.119. The largest absolute Gasteiger partial charge is 0.394 e. The Kier molecular flexibility index (Phi) is 4.92. The van der Waals surface area contributed by atoms with E-state index < -0.39 is 10.8 Å². The molecule has 29 heavy (non-hydrogen) atoms. The Morgan fingerprint density at radius 2 is 1.90 bits per heavy atom. The molecular formula is C19H23ClN6O2S. The summed E-state index contributed by atoms with van der Waals surface area (Å²) < 4.78 is 12.6. The number of nitrogens with zero attached hydrogens (tertiary/aromatic N) is 6. The summed E-state index contributed by atoms with van der Waals surface area (Å²) in [5.74, 6) is 2.92. The van der Waals surface area contributed by atoms with Gasteiger partial charge in [-0.05, 0) is 32.1 Å². The zero-order valence-electron chi connectivity index (χ0n) is 16.0. The van der Waals surface area contributed by atoms with E-state index >= 15 is 0 Å².